The fourth-order valence-corrected chi connectivity index (χ4v) is 4.56. The van der Waals surface area contributed by atoms with Crippen LogP contribution in [0.15, 0.2) is 70.9 Å². The molecule has 1 fully saturated rings. The van der Waals surface area contributed by atoms with Crippen LogP contribution in [0.4, 0.5) is 0 Å². The molecule has 1 atom stereocenters. The molecule has 2 aromatic rings. The minimum Gasteiger partial charge on any atom is -0.463 e. The largest absolute Gasteiger partial charge is 0.463 e. The maximum Gasteiger partial charge on any atom is 0.338 e. The van der Waals surface area contributed by atoms with Gasteiger partial charge in [-0.2, -0.15) is 0 Å². The summed E-state index contributed by atoms with van der Waals surface area (Å²) in [4.78, 5) is 31.8. The van der Waals surface area contributed by atoms with E-state index in [2.05, 4.69) is 4.99 Å². The third-order valence-electron chi connectivity index (χ3n) is 4.85. The number of rotatable bonds is 5. The minimum atomic E-state index is -0.601. The van der Waals surface area contributed by atoms with Gasteiger partial charge in [-0.05, 0) is 43.7 Å². The van der Waals surface area contributed by atoms with Gasteiger partial charge in [0.15, 0.2) is 5.17 Å². The number of esters is 1. The molecule has 154 valence electrons. The fraction of sp³-hybridized carbons (Fsp3) is 0.261. The average Bonchev–Trinajstić information content (AvgIpc) is 2.74. The topological polar surface area (TPSA) is 68.2 Å². The number of hydrogen-bond acceptors (Lipinski definition) is 6. The number of allylic oxidation sites excluding steroid dienone is 1. The molecule has 1 saturated heterocycles. The molecule has 4 rings (SSSR count). The summed E-state index contributed by atoms with van der Waals surface area (Å²) >= 11 is 1.52. The number of carbonyl (C=O) groups is 2. The lowest BCUT2D eigenvalue weighted by atomic mass is 9.94. The van der Waals surface area contributed by atoms with Crippen LogP contribution in [-0.2, 0) is 14.3 Å². The van der Waals surface area contributed by atoms with Crippen LogP contribution in [0.5, 0.6) is 11.5 Å². The van der Waals surface area contributed by atoms with E-state index in [-0.39, 0.29) is 12.5 Å². The van der Waals surface area contributed by atoms with Gasteiger partial charge in [0.25, 0.3) is 0 Å². The fourth-order valence-electron chi connectivity index (χ4n) is 3.55. The van der Waals surface area contributed by atoms with E-state index in [1.54, 1.807) is 18.7 Å². The monoisotopic (exact) mass is 422 g/mol. The van der Waals surface area contributed by atoms with Crippen LogP contribution in [0, 0.1) is 0 Å². The molecule has 0 aromatic heterocycles. The first-order valence-corrected chi connectivity index (χ1v) is 10.8. The summed E-state index contributed by atoms with van der Waals surface area (Å²) in [6, 6.07) is 16.3. The molecule has 0 radical (unpaired) electrons. The van der Waals surface area contributed by atoms with E-state index in [0.29, 0.717) is 40.1 Å². The second kappa shape index (κ2) is 8.75. The van der Waals surface area contributed by atoms with Crippen molar-refractivity contribution in [3.8, 4) is 11.5 Å². The van der Waals surface area contributed by atoms with Gasteiger partial charge in [0.1, 0.15) is 11.5 Å². The third kappa shape index (κ3) is 3.98. The van der Waals surface area contributed by atoms with Crippen molar-refractivity contribution in [2.24, 2.45) is 4.99 Å². The van der Waals surface area contributed by atoms with E-state index in [9.17, 15) is 9.59 Å². The number of amides is 1. The van der Waals surface area contributed by atoms with Crippen molar-refractivity contribution >= 4 is 28.8 Å². The molecule has 0 N–H and O–H groups in total. The van der Waals surface area contributed by atoms with E-state index >= 15 is 0 Å². The Morgan fingerprint density at radius 3 is 2.70 bits per heavy atom. The van der Waals surface area contributed by atoms with Gasteiger partial charge in [-0.3, -0.25) is 9.69 Å². The number of amidine groups is 1. The molecule has 30 heavy (non-hydrogen) atoms. The van der Waals surface area contributed by atoms with Gasteiger partial charge in [0, 0.05) is 12.2 Å². The summed E-state index contributed by atoms with van der Waals surface area (Å²) in [6.45, 7) is 3.79. The molecule has 1 amide bonds. The maximum atomic E-state index is 12.8. The zero-order valence-electron chi connectivity index (χ0n) is 16.8. The third-order valence-corrected chi connectivity index (χ3v) is 5.81. The second-order valence-electron chi connectivity index (χ2n) is 6.87. The molecule has 0 saturated carbocycles. The number of para-hydroxylation sites is 1. The van der Waals surface area contributed by atoms with Gasteiger partial charge >= 0.3 is 5.97 Å². The van der Waals surface area contributed by atoms with Crippen LogP contribution in [0.25, 0.3) is 0 Å². The van der Waals surface area contributed by atoms with E-state index in [0.717, 1.165) is 5.56 Å². The number of aliphatic imine (C=N–C) groups is 1. The molecule has 1 unspecified atom stereocenters. The van der Waals surface area contributed by atoms with Gasteiger partial charge in [-0.1, -0.05) is 42.1 Å². The highest BCUT2D eigenvalue weighted by molar-refractivity contribution is 8.14. The summed E-state index contributed by atoms with van der Waals surface area (Å²) in [7, 11) is 0. The quantitative estimate of drug-likeness (QED) is 0.654. The van der Waals surface area contributed by atoms with Gasteiger partial charge in [0.2, 0.25) is 5.91 Å². The zero-order chi connectivity index (χ0) is 21.1. The molecule has 2 heterocycles. The number of fused-ring (bicyclic) bond motifs is 1. The van der Waals surface area contributed by atoms with Crippen molar-refractivity contribution in [2.75, 3.05) is 12.4 Å². The van der Waals surface area contributed by atoms with E-state index in [4.69, 9.17) is 9.47 Å². The Morgan fingerprint density at radius 2 is 1.93 bits per heavy atom. The lowest BCUT2D eigenvalue weighted by molar-refractivity contribution is -0.139. The Morgan fingerprint density at radius 1 is 1.17 bits per heavy atom. The number of carbonyl (C=O) groups excluding carboxylic acids is 2. The van der Waals surface area contributed by atoms with Crippen LogP contribution >= 0.6 is 11.8 Å². The molecule has 2 aliphatic heterocycles. The average molecular weight is 423 g/mol. The highest BCUT2D eigenvalue weighted by Crippen LogP contribution is 2.41. The van der Waals surface area contributed by atoms with Crippen LogP contribution in [0.2, 0.25) is 0 Å². The molecule has 2 aromatic carbocycles. The Balaban J connectivity index is 1.77. The second-order valence-corrected chi connectivity index (χ2v) is 7.93. The SMILES string of the molecule is CCOC(=O)C1=C(C)N=C2SCCC(=O)N2C1c1cccc(Oc2ccccc2)c1. The van der Waals surface area contributed by atoms with Crippen molar-refractivity contribution in [1.82, 2.24) is 4.90 Å². The molecule has 7 heteroatoms. The number of thioether (sulfide) groups is 1. The van der Waals surface area contributed by atoms with Crippen molar-refractivity contribution < 1.29 is 19.1 Å². The zero-order valence-corrected chi connectivity index (χ0v) is 17.6. The maximum absolute atomic E-state index is 12.8. The molecule has 0 aliphatic carbocycles. The van der Waals surface area contributed by atoms with Crippen molar-refractivity contribution in [3.63, 3.8) is 0 Å². The Hall–Kier alpha value is -3.06. The standard InChI is InChI=1S/C23H22N2O4S/c1-3-28-22(27)20-15(2)24-23-25(19(26)12-13-30-23)21(20)16-8-7-11-18(14-16)29-17-9-5-4-6-10-17/h4-11,14,21H,3,12-13H2,1-2H3. The van der Waals surface area contributed by atoms with E-state index in [1.807, 2.05) is 54.6 Å². The number of ether oxygens (including phenoxy) is 2. The molecular formula is C23H22N2O4S. The van der Waals surface area contributed by atoms with Gasteiger partial charge < -0.3 is 9.47 Å². The first-order valence-electron chi connectivity index (χ1n) is 9.82. The Labute approximate surface area is 179 Å². The molecule has 0 spiro atoms. The predicted octanol–water partition coefficient (Wildman–Crippen LogP) is 4.69. The van der Waals surface area contributed by atoms with Gasteiger partial charge in [-0.25, -0.2) is 9.79 Å². The molecule has 6 nitrogen and oxygen atoms in total. The minimum absolute atomic E-state index is 0.0545. The van der Waals surface area contributed by atoms with E-state index in [1.165, 1.54) is 11.8 Å². The van der Waals surface area contributed by atoms with Crippen molar-refractivity contribution in [3.05, 3.63) is 71.4 Å². The number of nitrogens with zero attached hydrogens (tertiary/aromatic N) is 2. The lowest BCUT2D eigenvalue weighted by Gasteiger charge is -2.38. The molecule has 2 aliphatic rings. The summed E-state index contributed by atoms with van der Waals surface area (Å²) in [5, 5.41) is 0.621. The number of benzene rings is 2. The van der Waals surface area contributed by atoms with Crippen molar-refractivity contribution in [2.45, 2.75) is 26.3 Å². The van der Waals surface area contributed by atoms with Crippen LogP contribution in [0.3, 0.4) is 0 Å². The van der Waals surface area contributed by atoms with Crippen LogP contribution < -0.4 is 4.74 Å². The van der Waals surface area contributed by atoms with Crippen LogP contribution in [0.1, 0.15) is 31.9 Å². The van der Waals surface area contributed by atoms with Gasteiger partial charge in [-0.15, -0.1) is 0 Å². The summed E-state index contributed by atoms with van der Waals surface area (Å²) < 4.78 is 11.3. The summed E-state index contributed by atoms with van der Waals surface area (Å²) in [5.41, 5.74) is 1.73. The normalized spacial score (nSPS) is 18.6. The smallest absolute Gasteiger partial charge is 0.338 e. The summed E-state index contributed by atoms with van der Waals surface area (Å²) in [6.07, 6.45) is 0.398. The van der Waals surface area contributed by atoms with E-state index < -0.39 is 12.0 Å². The Bertz CT molecular complexity index is 1030. The number of hydrogen-bond donors (Lipinski definition) is 0. The van der Waals surface area contributed by atoms with Crippen molar-refractivity contribution in [1.29, 1.82) is 0 Å². The lowest BCUT2D eigenvalue weighted by Crippen LogP contribution is -2.45. The summed E-state index contributed by atoms with van der Waals surface area (Å²) in [5.74, 6) is 1.50. The predicted molar refractivity (Wildman–Crippen MR) is 116 cm³/mol. The Kier molecular flexibility index (Phi) is 5.90. The van der Waals surface area contributed by atoms with Gasteiger partial charge in [0.05, 0.1) is 23.9 Å². The molecule has 0 bridgehead atoms. The molecular weight excluding hydrogens is 400 g/mol. The van der Waals surface area contributed by atoms with Crippen LogP contribution in [-0.4, -0.2) is 34.3 Å². The first kappa shape index (κ1) is 20.2. The highest BCUT2D eigenvalue weighted by atomic mass is 32.2. The first-order chi connectivity index (χ1) is 14.6. The highest BCUT2D eigenvalue weighted by Gasteiger charge is 2.41.